The standard InChI is InChI=1S/C29H24F6N6O5S2/c1-17-38-27(28(30,31)32)16-40(17)23-11-8-19(20-4-5-21(14-37-48(3,44)45)26(13-20)47(2,42)43)12-24(23)41-25(15-36-39-41)18-6-9-22(10-7-18)46-29(33,34)35/h4-13,15-16,37H,14H2,1-3H3. The lowest BCUT2D eigenvalue weighted by molar-refractivity contribution is -0.274. The molecule has 0 saturated heterocycles. The van der Waals surface area contributed by atoms with E-state index in [4.69, 9.17) is 0 Å². The summed E-state index contributed by atoms with van der Waals surface area (Å²) in [6, 6.07) is 13.6. The maximum absolute atomic E-state index is 13.6. The Hall–Kier alpha value is -4.75. The molecule has 11 nitrogen and oxygen atoms in total. The Balaban J connectivity index is 1.68. The number of sulfonamides is 1. The van der Waals surface area contributed by atoms with Crippen molar-refractivity contribution in [2.24, 2.45) is 0 Å². The van der Waals surface area contributed by atoms with Gasteiger partial charge in [-0.3, -0.25) is 0 Å². The van der Waals surface area contributed by atoms with Gasteiger partial charge >= 0.3 is 12.5 Å². The summed E-state index contributed by atoms with van der Waals surface area (Å²) in [7, 11) is -7.53. The Morgan fingerprint density at radius 3 is 2.04 bits per heavy atom. The van der Waals surface area contributed by atoms with Crippen LogP contribution in [0.1, 0.15) is 17.1 Å². The van der Waals surface area contributed by atoms with Crippen LogP contribution in [0.4, 0.5) is 26.3 Å². The molecule has 0 aliphatic rings. The first-order chi connectivity index (χ1) is 22.2. The zero-order valence-corrected chi connectivity index (χ0v) is 26.6. The van der Waals surface area contributed by atoms with Crippen LogP contribution >= 0.6 is 0 Å². The number of rotatable bonds is 9. The third-order valence-corrected chi connectivity index (χ3v) is 8.74. The Bertz CT molecular complexity index is 2210. The number of alkyl halides is 6. The fourth-order valence-electron chi connectivity index (χ4n) is 4.80. The van der Waals surface area contributed by atoms with Gasteiger partial charge in [-0.25, -0.2) is 31.2 Å². The van der Waals surface area contributed by atoms with Crippen LogP contribution in [0.25, 0.3) is 33.8 Å². The molecule has 2 heterocycles. The van der Waals surface area contributed by atoms with Gasteiger partial charge in [-0.15, -0.1) is 18.3 Å². The van der Waals surface area contributed by atoms with Gasteiger partial charge in [-0.1, -0.05) is 23.4 Å². The fraction of sp³-hybridized carbons (Fsp3) is 0.207. The van der Waals surface area contributed by atoms with E-state index in [-0.39, 0.29) is 39.9 Å². The molecule has 5 rings (SSSR count). The molecular formula is C29H24F6N6O5S2. The van der Waals surface area contributed by atoms with Crippen molar-refractivity contribution in [2.75, 3.05) is 12.5 Å². The van der Waals surface area contributed by atoms with Crippen molar-refractivity contribution in [2.45, 2.75) is 30.9 Å². The minimum Gasteiger partial charge on any atom is -0.406 e. The topological polar surface area (TPSA) is 138 Å². The molecule has 0 unspecified atom stereocenters. The molecule has 1 N–H and O–H groups in total. The lowest BCUT2D eigenvalue weighted by Gasteiger charge is -2.17. The Morgan fingerprint density at radius 2 is 1.46 bits per heavy atom. The molecule has 0 spiro atoms. The van der Waals surface area contributed by atoms with E-state index in [1.165, 1.54) is 64.8 Å². The average molecular weight is 715 g/mol. The van der Waals surface area contributed by atoms with Crippen molar-refractivity contribution < 1.29 is 47.9 Å². The van der Waals surface area contributed by atoms with Crippen molar-refractivity contribution in [3.63, 3.8) is 0 Å². The number of aryl methyl sites for hydroxylation is 1. The lowest BCUT2D eigenvalue weighted by atomic mass is 10.0. The van der Waals surface area contributed by atoms with Gasteiger partial charge in [0.1, 0.15) is 11.6 Å². The van der Waals surface area contributed by atoms with Crippen LogP contribution < -0.4 is 9.46 Å². The predicted octanol–water partition coefficient (Wildman–Crippen LogP) is 5.47. The third-order valence-electron chi connectivity index (χ3n) is 6.89. The van der Waals surface area contributed by atoms with Gasteiger partial charge in [-0.05, 0) is 66.1 Å². The number of ether oxygens (including phenoxy) is 1. The molecule has 3 aromatic carbocycles. The van der Waals surface area contributed by atoms with Gasteiger partial charge < -0.3 is 9.30 Å². The van der Waals surface area contributed by atoms with Gasteiger partial charge in [0.05, 0.1) is 34.4 Å². The number of imidazole rings is 1. The second kappa shape index (κ2) is 12.4. The molecule has 0 aliphatic carbocycles. The SMILES string of the molecule is Cc1nc(C(F)(F)F)cn1-c1ccc(-c2ccc(CNS(C)(=O)=O)c(S(C)(=O)=O)c2)cc1-n1nncc1-c1ccc(OC(F)(F)F)cc1. The highest BCUT2D eigenvalue weighted by atomic mass is 32.2. The van der Waals surface area contributed by atoms with Crippen LogP contribution in [-0.2, 0) is 32.6 Å². The molecule has 0 saturated carbocycles. The normalized spacial score (nSPS) is 12.8. The van der Waals surface area contributed by atoms with Gasteiger partial charge in [0, 0.05) is 24.6 Å². The molecule has 48 heavy (non-hydrogen) atoms. The first kappa shape index (κ1) is 34.6. The molecule has 2 aromatic heterocycles. The lowest BCUT2D eigenvalue weighted by Crippen LogP contribution is -2.22. The van der Waals surface area contributed by atoms with E-state index in [2.05, 4.69) is 24.8 Å². The van der Waals surface area contributed by atoms with Crippen molar-refractivity contribution in [1.82, 2.24) is 29.3 Å². The molecule has 0 fully saturated rings. The average Bonchev–Trinajstić information content (AvgIpc) is 3.61. The van der Waals surface area contributed by atoms with Crippen LogP contribution in [-0.4, -0.2) is 60.3 Å². The van der Waals surface area contributed by atoms with E-state index >= 15 is 0 Å². The van der Waals surface area contributed by atoms with Crippen LogP contribution in [0.5, 0.6) is 5.75 Å². The zero-order valence-electron chi connectivity index (χ0n) is 25.0. The first-order valence-electron chi connectivity index (χ1n) is 13.5. The second-order valence-corrected chi connectivity index (χ2v) is 14.4. The molecule has 0 amide bonds. The largest absolute Gasteiger partial charge is 0.573 e. The van der Waals surface area contributed by atoms with Crippen LogP contribution in [0, 0.1) is 6.92 Å². The van der Waals surface area contributed by atoms with Gasteiger partial charge in [0.15, 0.2) is 15.5 Å². The Kier molecular flexibility index (Phi) is 8.91. The summed E-state index contributed by atoms with van der Waals surface area (Å²) >= 11 is 0. The summed E-state index contributed by atoms with van der Waals surface area (Å²) in [6.07, 6.45) is -5.71. The number of hydrogen-bond acceptors (Lipinski definition) is 8. The molecule has 254 valence electrons. The summed E-state index contributed by atoms with van der Waals surface area (Å²) < 4.78 is 136. The maximum atomic E-state index is 13.6. The number of halogens is 6. The van der Waals surface area contributed by atoms with Gasteiger partial charge in [0.2, 0.25) is 10.0 Å². The highest BCUT2D eigenvalue weighted by Gasteiger charge is 2.35. The highest BCUT2D eigenvalue weighted by molar-refractivity contribution is 7.90. The van der Waals surface area contributed by atoms with E-state index in [0.29, 0.717) is 16.7 Å². The van der Waals surface area contributed by atoms with E-state index in [1.54, 1.807) is 6.07 Å². The molecular weight excluding hydrogens is 690 g/mol. The number of nitrogens with one attached hydrogen (secondary N) is 1. The monoisotopic (exact) mass is 714 g/mol. The van der Waals surface area contributed by atoms with E-state index < -0.39 is 43.8 Å². The fourth-order valence-corrected chi connectivity index (χ4v) is 6.18. The third kappa shape index (κ3) is 7.85. The van der Waals surface area contributed by atoms with E-state index in [0.717, 1.165) is 30.8 Å². The number of benzene rings is 3. The quantitative estimate of drug-likeness (QED) is 0.199. The maximum Gasteiger partial charge on any atom is 0.573 e. The molecule has 0 aliphatic heterocycles. The molecule has 0 atom stereocenters. The summed E-state index contributed by atoms with van der Waals surface area (Å²) in [5.74, 6) is -0.521. The minimum atomic E-state index is -4.92. The van der Waals surface area contributed by atoms with E-state index in [1.807, 2.05) is 0 Å². The van der Waals surface area contributed by atoms with Crippen molar-refractivity contribution in [1.29, 1.82) is 0 Å². The van der Waals surface area contributed by atoms with Gasteiger partial charge in [0.25, 0.3) is 0 Å². The van der Waals surface area contributed by atoms with Crippen molar-refractivity contribution in [3.05, 3.63) is 90.1 Å². The summed E-state index contributed by atoms with van der Waals surface area (Å²) in [5.41, 5.74) is 0.601. The number of sulfone groups is 1. The Labute approximate surface area is 269 Å². The summed E-state index contributed by atoms with van der Waals surface area (Å²) in [4.78, 5) is 3.47. The number of aromatic nitrogens is 5. The molecule has 19 heteroatoms. The van der Waals surface area contributed by atoms with Crippen molar-refractivity contribution >= 4 is 19.9 Å². The zero-order chi connectivity index (χ0) is 35.2. The van der Waals surface area contributed by atoms with Crippen LogP contribution in [0.15, 0.2) is 78.0 Å². The number of nitrogens with zero attached hydrogens (tertiary/aromatic N) is 5. The van der Waals surface area contributed by atoms with E-state index in [9.17, 15) is 43.2 Å². The smallest absolute Gasteiger partial charge is 0.406 e. The Morgan fingerprint density at radius 1 is 0.833 bits per heavy atom. The van der Waals surface area contributed by atoms with Crippen molar-refractivity contribution in [3.8, 4) is 39.5 Å². The predicted molar refractivity (Wildman–Crippen MR) is 161 cm³/mol. The van der Waals surface area contributed by atoms with Gasteiger partial charge in [-0.2, -0.15) is 13.2 Å². The van der Waals surface area contributed by atoms with Crippen LogP contribution in [0.2, 0.25) is 0 Å². The molecule has 5 aromatic rings. The summed E-state index contributed by atoms with van der Waals surface area (Å²) in [6.45, 7) is 1.05. The number of hydrogen-bond donors (Lipinski definition) is 1. The molecule has 0 bridgehead atoms. The molecule has 0 radical (unpaired) electrons. The first-order valence-corrected chi connectivity index (χ1v) is 17.3. The highest BCUT2D eigenvalue weighted by Crippen LogP contribution is 2.35. The second-order valence-electron chi connectivity index (χ2n) is 10.5. The summed E-state index contributed by atoms with van der Waals surface area (Å²) in [5, 5.41) is 8.03. The minimum absolute atomic E-state index is 0.0336. The van der Waals surface area contributed by atoms with Crippen LogP contribution in [0.3, 0.4) is 0 Å².